The highest BCUT2D eigenvalue weighted by atomic mass is 32.2. The molecule has 0 radical (unpaired) electrons. The third-order valence-corrected chi connectivity index (χ3v) is 5.10. The minimum absolute atomic E-state index is 0.156. The number of amides is 1. The van der Waals surface area contributed by atoms with Crippen LogP contribution in [0.4, 0.5) is 0 Å². The molecular weight excluding hydrogens is 354 g/mol. The van der Waals surface area contributed by atoms with Crippen LogP contribution in [-0.2, 0) is 23.1 Å². The highest BCUT2D eigenvalue weighted by molar-refractivity contribution is 7.99. The number of carbonyl (C=O) groups excluding carboxylic acids is 1. The van der Waals surface area contributed by atoms with Crippen molar-refractivity contribution in [2.75, 3.05) is 12.3 Å². The molecule has 9 heteroatoms. The number of carboxylic acids is 1. The second-order valence-corrected chi connectivity index (χ2v) is 7.43. The van der Waals surface area contributed by atoms with Crippen LogP contribution in [-0.4, -0.2) is 50.1 Å². The summed E-state index contributed by atoms with van der Waals surface area (Å²) in [6, 6.07) is 0.381. The van der Waals surface area contributed by atoms with Gasteiger partial charge in [-0.1, -0.05) is 37.4 Å². The number of aromatic nitrogens is 3. The SMILES string of the molecule is CC(=O)O.Cn1c(CCN)nnc1SCCC(=O)NC1CCCCCC1. The van der Waals surface area contributed by atoms with Crippen molar-refractivity contribution in [3.63, 3.8) is 0 Å². The van der Waals surface area contributed by atoms with Crippen LogP contribution >= 0.6 is 11.8 Å². The molecule has 0 spiro atoms. The zero-order chi connectivity index (χ0) is 19.4. The quantitative estimate of drug-likeness (QED) is 0.482. The first-order chi connectivity index (χ1) is 12.4. The van der Waals surface area contributed by atoms with E-state index in [-0.39, 0.29) is 5.91 Å². The maximum Gasteiger partial charge on any atom is 0.300 e. The Morgan fingerprint density at radius 2 is 1.88 bits per heavy atom. The number of rotatable bonds is 7. The van der Waals surface area contributed by atoms with E-state index in [0.29, 0.717) is 19.0 Å². The summed E-state index contributed by atoms with van der Waals surface area (Å²) >= 11 is 1.58. The summed E-state index contributed by atoms with van der Waals surface area (Å²) in [6.45, 7) is 1.65. The number of thioether (sulfide) groups is 1. The van der Waals surface area contributed by atoms with E-state index < -0.39 is 5.97 Å². The van der Waals surface area contributed by atoms with E-state index in [1.807, 2.05) is 11.6 Å². The van der Waals surface area contributed by atoms with Crippen LogP contribution in [0.1, 0.15) is 57.7 Å². The largest absolute Gasteiger partial charge is 0.481 e. The number of nitrogens with two attached hydrogens (primary N) is 1. The Bertz CT molecular complexity index is 553. The maximum atomic E-state index is 12.0. The molecule has 1 amide bonds. The van der Waals surface area contributed by atoms with Crippen LogP contribution in [0.2, 0.25) is 0 Å². The van der Waals surface area contributed by atoms with E-state index in [4.69, 9.17) is 15.6 Å². The van der Waals surface area contributed by atoms with Crippen molar-refractivity contribution >= 4 is 23.6 Å². The maximum absolute atomic E-state index is 12.0. The van der Waals surface area contributed by atoms with Gasteiger partial charge in [-0.2, -0.15) is 0 Å². The molecule has 1 aliphatic carbocycles. The minimum Gasteiger partial charge on any atom is -0.481 e. The fraction of sp³-hybridized carbons (Fsp3) is 0.765. The van der Waals surface area contributed by atoms with Gasteiger partial charge in [0.05, 0.1) is 0 Å². The molecule has 1 heterocycles. The molecule has 0 saturated heterocycles. The van der Waals surface area contributed by atoms with Gasteiger partial charge in [0.1, 0.15) is 5.82 Å². The molecule has 1 aromatic heterocycles. The van der Waals surface area contributed by atoms with Gasteiger partial charge < -0.3 is 20.7 Å². The molecular formula is C17H31N5O3S. The Kier molecular flexibility index (Phi) is 11.0. The molecule has 1 aromatic rings. The van der Waals surface area contributed by atoms with Gasteiger partial charge in [-0.3, -0.25) is 9.59 Å². The average molecular weight is 386 g/mol. The van der Waals surface area contributed by atoms with Gasteiger partial charge in [-0.25, -0.2) is 0 Å². The second-order valence-electron chi connectivity index (χ2n) is 6.37. The molecule has 1 fully saturated rings. The van der Waals surface area contributed by atoms with Crippen molar-refractivity contribution in [1.82, 2.24) is 20.1 Å². The van der Waals surface area contributed by atoms with Gasteiger partial charge in [0.15, 0.2) is 5.16 Å². The van der Waals surface area contributed by atoms with Crippen LogP contribution in [0, 0.1) is 0 Å². The topological polar surface area (TPSA) is 123 Å². The van der Waals surface area contributed by atoms with Crippen molar-refractivity contribution in [3.8, 4) is 0 Å². The molecule has 26 heavy (non-hydrogen) atoms. The predicted molar refractivity (Wildman–Crippen MR) is 102 cm³/mol. The molecule has 0 bridgehead atoms. The van der Waals surface area contributed by atoms with Crippen LogP contribution in [0.25, 0.3) is 0 Å². The lowest BCUT2D eigenvalue weighted by molar-refractivity contribution is -0.134. The zero-order valence-electron chi connectivity index (χ0n) is 15.7. The van der Waals surface area contributed by atoms with Crippen LogP contribution in [0.3, 0.4) is 0 Å². The molecule has 8 nitrogen and oxygen atoms in total. The standard InChI is InChI=1S/C15H27N5OS.C2H4O2/c1-20-13(8-10-16)18-19-15(20)22-11-9-14(21)17-12-6-4-2-3-5-7-12;1-2(3)4/h12H,2-11,16H2,1H3,(H,17,21);1H3,(H,3,4). The predicted octanol–water partition coefficient (Wildman–Crippen LogP) is 1.73. The van der Waals surface area contributed by atoms with Gasteiger partial charge in [0.25, 0.3) is 5.97 Å². The Hall–Kier alpha value is -1.61. The van der Waals surface area contributed by atoms with Crippen LogP contribution in [0.5, 0.6) is 0 Å². The van der Waals surface area contributed by atoms with Crippen molar-refractivity contribution in [2.24, 2.45) is 12.8 Å². The summed E-state index contributed by atoms with van der Waals surface area (Å²) in [5.41, 5.74) is 5.54. The highest BCUT2D eigenvalue weighted by Crippen LogP contribution is 2.19. The summed E-state index contributed by atoms with van der Waals surface area (Å²) in [5, 5.41) is 19.7. The fourth-order valence-corrected chi connectivity index (χ4v) is 3.64. The van der Waals surface area contributed by atoms with Gasteiger partial charge in [0, 0.05) is 38.6 Å². The third-order valence-electron chi connectivity index (χ3n) is 4.07. The first-order valence-electron chi connectivity index (χ1n) is 9.14. The zero-order valence-corrected chi connectivity index (χ0v) is 16.6. The van der Waals surface area contributed by atoms with Gasteiger partial charge in [-0.05, 0) is 19.4 Å². The Balaban J connectivity index is 0.000000765. The van der Waals surface area contributed by atoms with Gasteiger partial charge in [-0.15, -0.1) is 10.2 Å². The highest BCUT2D eigenvalue weighted by Gasteiger charge is 2.15. The number of carboxylic acid groups (broad SMARTS) is 1. The van der Waals surface area contributed by atoms with E-state index in [9.17, 15) is 4.79 Å². The normalized spacial score (nSPS) is 14.9. The van der Waals surface area contributed by atoms with Crippen molar-refractivity contribution in [1.29, 1.82) is 0 Å². The molecule has 0 aromatic carbocycles. The van der Waals surface area contributed by atoms with Gasteiger partial charge in [0.2, 0.25) is 5.91 Å². The first-order valence-corrected chi connectivity index (χ1v) is 10.1. The lowest BCUT2D eigenvalue weighted by Gasteiger charge is -2.15. The lowest BCUT2D eigenvalue weighted by atomic mass is 10.1. The number of carbonyl (C=O) groups is 2. The molecule has 1 aliphatic rings. The molecule has 0 unspecified atom stereocenters. The number of nitrogens with zero attached hydrogens (tertiary/aromatic N) is 3. The molecule has 148 valence electrons. The fourth-order valence-electron chi connectivity index (χ4n) is 2.78. The summed E-state index contributed by atoms with van der Waals surface area (Å²) in [6.07, 6.45) is 8.60. The van der Waals surface area contributed by atoms with E-state index in [0.717, 1.165) is 42.9 Å². The van der Waals surface area contributed by atoms with Crippen molar-refractivity contribution in [2.45, 2.75) is 69.5 Å². The summed E-state index contributed by atoms with van der Waals surface area (Å²) < 4.78 is 1.96. The van der Waals surface area contributed by atoms with Crippen molar-refractivity contribution in [3.05, 3.63) is 5.82 Å². The number of hydrogen-bond donors (Lipinski definition) is 3. The Morgan fingerprint density at radius 3 is 2.46 bits per heavy atom. The summed E-state index contributed by atoms with van der Waals surface area (Å²) in [4.78, 5) is 21.0. The number of hydrogen-bond acceptors (Lipinski definition) is 6. The second kappa shape index (κ2) is 12.7. The lowest BCUT2D eigenvalue weighted by Crippen LogP contribution is -2.34. The molecule has 0 aliphatic heterocycles. The van der Waals surface area contributed by atoms with Crippen LogP contribution < -0.4 is 11.1 Å². The molecule has 2 rings (SSSR count). The monoisotopic (exact) mass is 385 g/mol. The van der Waals surface area contributed by atoms with Gasteiger partial charge >= 0.3 is 0 Å². The van der Waals surface area contributed by atoms with Crippen molar-refractivity contribution < 1.29 is 14.7 Å². The Labute approximate surface area is 159 Å². The molecule has 0 atom stereocenters. The minimum atomic E-state index is -0.833. The molecule has 1 saturated carbocycles. The number of nitrogens with one attached hydrogen (secondary N) is 1. The number of aliphatic carboxylic acids is 1. The van der Waals surface area contributed by atoms with E-state index in [1.54, 1.807) is 11.8 Å². The van der Waals surface area contributed by atoms with Crippen LogP contribution in [0.15, 0.2) is 5.16 Å². The van der Waals surface area contributed by atoms with E-state index in [1.165, 1.54) is 25.7 Å². The summed E-state index contributed by atoms with van der Waals surface area (Å²) in [7, 11) is 1.94. The summed E-state index contributed by atoms with van der Waals surface area (Å²) in [5.74, 6) is 0.948. The first kappa shape index (κ1) is 22.4. The Morgan fingerprint density at radius 1 is 1.27 bits per heavy atom. The molecule has 4 N–H and O–H groups in total. The van der Waals surface area contributed by atoms with E-state index >= 15 is 0 Å². The smallest absolute Gasteiger partial charge is 0.300 e. The third kappa shape index (κ3) is 9.19. The van der Waals surface area contributed by atoms with E-state index in [2.05, 4.69) is 15.5 Å². The average Bonchev–Trinajstić information content (AvgIpc) is 2.76.